The van der Waals surface area contributed by atoms with E-state index in [0.29, 0.717) is 43.2 Å². The Morgan fingerprint density at radius 1 is 0.923 bits per heavy atom. The van der Waals surface area contributed by atoms with Crippen LogP contribution in [0, 0.1) is 11.8 Å². The van der Waals surface area contributed by atoms with Crippen LogP contribution in [0.2, 0.25) is 0 Å². The number of anilines is 2. The van der Waals surface area contributed by atoms with Gasteiger partial charge >= 0.3 is 0 Å². The predicted molar refractivity (Wildman–Crippen MR) is 144 cm³/mol. The summed E-state index contributed by atoms with van der Waals surface area (Å²) in [5.74, 6) is -2.91. The number of benzene rings is 3. The molecule has 198 valence electrons. The summed E-state index contributed by atoms with van der Waals surface area (Å²) in [6.45, 7) is 3.58. The summed E-state index contributed by atoms with van der Waals surface area (Å²) < 4.78 is 5.37. The molecule has 1 spiro atoms. The highest BCUT2D eigenvalue weighted by Crippen LogP contribution is 2.55. The number of hydrogen-bond acceptors (Lipinski definition) is 6. The summed E-state index contributed by atoms with van der Waals surface area (Å²) >= 11 is 0. The quantitative estimate of drug-likeness (QED) is 0.527. The van der Waals surface area contributed by atoms with E-state index < -0.39 is 29.3 Å². The third-order valence-electron chi connectivity index (χ3n) is 8.68. The number of imide groups is 1. The number of nitrogens with one attached hydrogen (secondary N) is 1. The highest BCUT2D eigenvalue weighted by Gasteiger charge is 2.71. The van der Waals surface area contributed by atoms with Crippen molar-refractivity contribution >= 4 is 45.8 Å². The maximum Gasteiger partial charge on any atom is 0.253 e. The molecule has 3 fully saturated rings. The molecule has 3 aromatic carbocycles. The van der Waals surface area contributed by atoms with Crippen LogP contribution < -0.4 is 15.1 Å². The van der Waals surface area contributed by atoms with E-state index in [2.05, 4.69) is 5.32 Å². The van der Waals surface area contributed by atoms with Gasteiger partial charge in [0.15, 0.2) is 0 Å². The maximum atomic E-state index is 14.4. The van der Waals surface area contributed by atoms with Crippen LogP contribution in [0.3, 0.4) is 0 Å². The third-order valence-corrected chi connectivity index (χ3v) is 8.68. The zero-order valence-corrected chi connectivity index (χ0v) is 21.5. The molecule has 0 saturated carbocycles. The molecular weight excluding hydrogens is 496 g/mol. The molecule has 4 aliphatic heterocycles. The van der Waals surface area contributed by atoms with Gasteiger partial charge in [-0.05, 0) is 24.4 Å². The van der Waals surface area contributed by atoms with E-state index >= 15 is 0 Å². The standard InChI is InChI=1S/C30H28N4O5/c1-18-25-26(28(37)34(27(25)36)22-12-6-8-19-7-2-3-9-20(19)22)30(31-18)21-10-4-5-11-23(21)33(29(30)38)17-24(35)32-13-15-39-16-14-32/h2-12,18,25-26,31H,13-17H2,1H3/t18-,25+,26+,30+/m1/s1. The normalized spacial score (nSPS) is 28.1. The zero-order valence-electron chi connectivity index (χ0n) is 21.5. The molecule has 4 atom stereocenters. The highest BCUT2D eigenvalue weighted by atomic mass is 16.5. The van der Waals surface area contributed by atoms with Gasteiger partial charge in [0.2, 0.25) is 17.7 Å². The number of rotatable bonds is 3. The smallest absolute Gasteiger partial charge is 0.253 e. The van der Waals surface area contributed by atoms with Crippen LogP contribution in [0.25, 0.3) is 10.8 Å². The number of nitrogens with zero attached hydrogens (tertiary/aromatic N) is 3. The predicted octanol–water partition coefficient (Wildman–Crippen LogP) is 2.04. The molecule has 3 saturated heterocycles. The number of hydrogen-bond donors (Lipinski definition) is 1. The van der Waals surface area contributed by atoms with Crippen LogP contribution in [0.5, 0.6) is 0 Å². The molecule has 4 aliphatic rings. The Morgan fingerprint density at radius 3 is 2.44 bits per heavy atom. The Labute approximate surface area is 225 Å². The number of amides is 4. The zero-order chi connectivity index (χ0) is 26.9. The molecule has 0 unspecified atom stereocenters. The SMILES string of the molecule is C[C@H]1N[C@]2(C(=O)N(CC(=O)N3CCOCC3)c3ccccc32)[C@@H]2C(=O)N(c3cccc4ccccc34)C(=O)[C@H]21. The fraction of sp³-hybridized carbons (Fsp3) is 0.333. The highest BCUT2D eigenvalue weighted by molar-refractivity contribution is 6.28. The lowest BCUT2D eigenvalue weighted by Crippen LogP contribution is -2.56. The lowest BCUT2D eigenvalue weighted by molar-refractivity contribution is -0.136. The molecular formula is C30H28N4O5. The molecule has 1 N–H and O–H groups in total. The Kier molecular flexibility index (Phi) is 5.37. The first-order valence-corrected chi connectivity index (χ1v) is 13.3. The fourth-order valence-electron chi connectivity index (χ4n) is 6.95. The van der Waals surface area contributed by atoms with Crippen molar-refractivity contribution < 1.29 is 23.9 Å². The van der Waals surface area contributed by atoms with Crippen molar-refractivity contribution in [2.24, 2.45) is 11.8 Å². The summed E-state index contributed by atoms with van der Waals surface area (Å²) in [4.78, 5) is 60.3. The van der Waals surface area contributed by atoms with Crippen molar-refractivity contribution in [2.75, 3.05) is 42.6 Å². The van der Waals surface area contributed by atoms with Gasteiger partial charge in [-0.2, -0.15) is 0 Å². The summed E-state index contributed by atoms with van der Waals surface area (Å²) in [5, 5.41) is 5.10. The minimum Gasteiger partial charge on any atom is -0.378 e. The Hall–Kier alpha value is -4.08. The van der Waals surface area contributed by atoms with Gasteiger partial charge in [-0.1, -0.05) is 54.6 Å². The Balaban J connectivity index is 1.31. The molecule has 7 rings (SSSR count). The number of carbonyl (C=O) groups is 4. The lowest BCUT2D eigenvalue weighted by Gasteiger charge is -2.31. The monoisotopic (exact) mass is 524 g/mol. The van der Waals surface area contributed by atoms with Crippen LogP contribution in [-0.4, -0.2) is 67.4 Å². The van der Waals surface area contributed by atoms with Crippen molar-refractivity contribution in [3.8, 4) is 0 Å². The van der Waals surface area contributed by atoms with Gasteiger partial charge in [-0.25, -0.2) is 4.90 Å². The molecule has 9 nitrogen and oxygen atoms in total. The molecule has 3 aromatic rings. The van der Waals surface area contributed by atoms with E-state index in [9.17, 15) is 19.2 Å². The molecule has 9 heteroatoms. The van der Waals surface area contributed by atoms with Gasteiger partial charge in [-0.3, -0.25) is 24.5 Å². The number of ether oxygens (including phenoxy) is 1. The van der Waals surface area contributed by atoms with Crippen molar-refractivity contribution in [1.29, 1.82) is 0 Å². The van der Waals surface area contributed by atoms with Gasteiger partial charge in [0.05, 0.1) is 30.7 Å². The first kappa shape index (κ1) is 24.0. The largest absolute Gasteiger partial charge is 0.378 e. The van der Waals surface area contributed by atoms with Gasteiger partial charge in [0, 0.05) is 35.8 Å². The summed E-state index contributed by atoms with van der Waals surface area (Å²) in [5.41, 5.74) is 0.314. The molecule has 39 heavy (non-hydrogen) atoms. The Morgan fingerprint density at radius 2 is 1.62 bits per heavy atom. The first-order chi connectivity index (χ1) is 18.9. The van der Waals surface area contributed by atoms with Gasteiger partial charge < -0.3 is 14.5 Å². The van der Waals surface area contributed by atoms with Crippen molar-refractivity contribution in [1.82, 2.24) is 10.2 Å². The fourth-order valence-corrected chi connectivity index (χ4v) is 6.95. The van der Waals surface area contributed by atoms with E-state index in [4.69, 9.17) is 4.74 Å². The summed E-state index contributed by atoms with van der Waals surface area (Å²) in [6.07, 6.45) is 0. The minimum atomic E-state index is -1.43. The topological polar surface area (TPSA) is 99.3 Å². The van der Waals surface area contributed by atoms with Crippen LogP contribution >= 0.6 is 0 Å². The molecule has 0 aliphatic carbocycles. The van der Waals surface area contributed by atoms with E-state index in [1.165, 1.54) is 9.80 Å². The second kappa shape index (κ2) is 8.72. The molecule has 4 amide bonds. The number of morpholine rings is 1. The molecule has 4 heterocycles. The Bertz CT molecular complexity index is 1540. The van der Waals surface area contributed by atoms with Crippen molar-refractivity contribution in [3.63, 3.8) is 0 Å². The van der Waals surface area contributed by atoms with E-state index in [-0.39, 0.29) is 24.3 Å². The van der Waals surface area contributed by atoms with Crippen molar-refractivity contribution in [2.45, 2.75) is 18.5 Å². The lowest BCUT2D eigenvalue weighted by atomic mass is 9.76. The van der Waals surface area contributed by atoms with Crippen LogP contribution in [-0.2, 0) is 29.5 Å². The van der Waals surface area contributed by atoms with Gasteiger partial charge in [-0.15, -0.1) is 0 Å². The minimum absolute atomic E-state index is 0.139. The molecule has 0 aromatic heterocycles. The molecule has 0 bridgehead atoms. The van der Waals surface area contributed by atoms with Gasteiger partial charge in [0.25, 0.3) is 5.91 Å². The average molecular weight is 525 g/mol. The summed E-state index contributed by atoms with van der Waals surface area (Å²) in [6, 6.07) is 20.0. The number of carbonyl (C=O) groups excluding carboxylic acids is 4. The van der Waals surface area contributed by atoms with Crippen LogP contribution in [0.15, 0.2) is 66.7 Å². The maximum absolute atomic E-state index is 14.4. The van der Waals surface area contributed by atoms with Crippen LogP contribution in [0.4, 0.5) is 11.4 Å². The number of fused-ring (bicyclic) bond motifs is 5. The summed E-state index contributed by atoms with van der Waals surface area (Å²) in [7, 11) is 0. The average Bonchev–Trinajstić information content (AvgIpc) is 3.51. The first-order valence-electron chi connectivity index (χ1n) is 13.3. The number of para-hydroxylation sites is 1. The second-order valence-corrected chi connectivity index (χ2v) is 10.7. The third kappa shape index (κ3) is 3.26. The molecule has 0 radical (unpaired) electrons. The van der Waals surface area contributed by atoms with E-state index in [0.717, 1.165) is 10.8 Å². The van der Waals surface area contributed by atoms with E-state index in [1.54, 1.807) is 17.0 Å². The van der Waals surface area contributed by atoms with Gasteiger partial charge in [0.1, 0.15) is 12.1 Å². The van der Waals surface area contributed by atoms with Crippen molar-refractivity contribution in [3.05, 3.63) is 72.3 Å². The van der Waals surface area contributed by atoms with Crippen LogP contribution in [0.1, 0.15) is 12.5 Å². The van der Waals surface area contributed by atoms with E-state index in [1.807, 2.05) is 61.5 Å². The second-order valence-electron chi connectivity index (χ2n) is 10.7.